The molecule has 1 aromatic rings. The standard InChI is InChI=1S/C17H29N5O5S/c1-4-8-22-15(18)14(16(24)20(2)17(22)25)13(23)11-21-9-6-5-7-12(21)10-19-28(3,26)27/h12,19H,4-11,18H2,1-3H3. The Bertz CT molecular complexity index is 950. The number of likely N-dealkylation sites (tertiary alicyclic amines) is 1. The Hall–Kier alpha value is -1.98. The van der Waals surface area contributed by atoms with Crippen molar-refractivity contribution < 1.29 is 13.2 Å². The maximum Gasteiger partial charge on any atom is 0.332 e. The van der Waals surface area contributed by atoms with Gasteiger partial charge in [-0.15, -0.1) is 0 Å². The van der Waals surface area contributed by atoms with Crippen molar-refractivity contribution in [3.63, 3.8) is 0 Å². The lowest BCUT2D eigenvalue weighted by atomic mass is 10.0. The first kappa shape index (κ1) is 22.3. The number of piperidine rings is 1. The summed E-state index contributed by atoms with van der Waals surface area (Å²) in [6.07, 6.45) is 4.28. The molecule has 1 aliphatic rings. The lowest BCUT2D eigenvalue weighted by Gasteiger charge is -2.35. The minimum Gasteiger partial charge on any atom is -0.384 e. The fourth-order valence-corrected chi connectivity index (χ4v) is 3.99. The summed E-state index contributed by atoms with van der Waals surface area (Å²) >= 11 is 0. The van der Waals surface area contributed by atoms with Gasteiger partial charge in [0.15, 0.2) is 5.78 Å². The SMILES string of the molecule is CCCn1c(N)c(C(=O)CN2CCCCC2CNS(C)(=O)=O)c(=O)n(C)c1=O. The van der Waals surface area contributed by atoms with Crippen LogP contribution in [-0.4, -0.2) is 60.2 Å². The molecule has 0 saturated carbocycles. The molecule has 158 valence electrons. The molecule has 10 nitrogen and oxygen atoms in total. The Morgan fingerprint density at radius 2 is 1.96 bits per heavy atom. The van der Waals surface area contributed by atoms with Crippen molar-refractivity contribution in [3.8, 4) is 0 Å². The number of hydrogen-bond donors (Lipinski definition) is 2. The van der Waals surface area contributed by atoms with Crippen molar-refractivity contribution in [1.29, 1.82) is 0 Å². The number of ketones is 1. The summed E-state index contributed by atoms with van der Waals surface area (Å²) in [4.78, 5) is 39.6. The van der Waals surface area contributed by atoms with Gasteiger partial charge < -0.3 is 5.73 Å². The summed E-state index contributed by atoms with van der Waals surface area (Å²) in [5.74, 6) is -0.572. The molecule has 1 fully saturated rings. The number of aromatic nitrogens is 2. The number of nitrogens with two attached hydrogens (primary N) is 1. The molecule has 1 aromatic heterocycles. The van der Waals surface area contributed by atoms with E-state index in [9.17, 15) is 22.8 Å². The maximum absolute atomic E-state index is 12.9. The number of nitrogen functional groups attached to an aromatic ring is 1. The zero-order chi connectivity index (χ0) is 21.1. The van der Waals surface area contributed by atoms with Crippen molar-refractivity contribution >= 4 is 21.6 Å². The minimum absolute atomic E-state index is 0.0557. The summed E-state index contributed by atoms with van der Waals surface area (Å²) < 4.78 is 27.4. The molecule has 0 amide bonds. The second-order valence-electron chi connectivity index (χ2n) is 7.22. The topological polar surface area (TPSA) is 136 Å². The van der Waals surface area contributed by atoms with E-state index in [0.29, 0.717) is 19.5 Å². The Labute approximate surface area is 164 Å². The average Bonchev–Trinajstić information content (AvgIpc) is 2.62. The third-order valence-electron chi connectivity index (χ3n) is 4.99. The number of sulfonamides is 1. The van der Waals surface area contributed by atoms with Gasteiger partial charge in [0.2, 0.25) is 10.0 Å². The van der Waals surface area contributed by atoms with Crippen LogP contribution in [0.2, 0.25) is 0 Å². The van der Waals surface area contributed by atoms with Crippen LogP contribution in [0.15, 0.2) is 9.59 Å². The van der Waals surface area contributed by atoms with E-state index in [2.05, 4.69) is 4.72 Å². The van der Waals surface area contributed by atoms with Crippen LogP contribution < -0.4 is 21.7 Å². The summed E-state index contributed by atoms with van der Waals surface area (Å²) in [5, 5.41) is 0. The molecule has 1 aliphatic heterocycles. The second kappa shape index (κ2) is 9.01. The van der Waals surface area contributed by atoms with E-state index in [1.807, 2.05) is 11.8 Å². The van der Waals surface area contributed by atoms with Crippen molar-refractivity contribution in [3.05, 3.63) is 26.4 Å². The molecule has 1 saturated heterocycles. The van der Waals surface area contributed by atoms with E-state index < -0.39 is 27.1 Å². The Balaban J connectivity index is 2.30. The second-order valence-corrected chi connectivity index (χ2v) is 9.06. The smallest absolute Gasteiger partial charge is 0.332 e. The highest BCUT2D eigenvalue weighted by molar-refractivity contribution is 7.88. The van der Waals surface area contributed by atoms with Crippen LogP contribution in [0.25, 0.3) is 0 Å². The van der Waals surface area contributed by atoms with Crippen molar-refractivity contribution in [2.45, 2.75) is 45.2 Å². The first-order valence-corrected chi connectivity index (χ1v) is 11.3. The third kappa shape index (κ3) is 5.09. The minimum atomic E-state index is -3.34. The molecular weight excluding hydrogens is 386 g/mol. The highest BCUT2D eigenvalue weighted by atomic mass is 32.2. The number of anilines is 1. The van der Waals surface area contributed by atoms with E-state index in [1.54, 1.807) is 0 Å². The van der Waals surface area contributed by atoms with E-state index >= 15 is 0 Å². The van der Waals surface area contributed by atoms with Crippen molar-refractivity contribution in [2.75, 3.05) is 31.6 Å². The van der Waals surface area contributed by atoms with E-state index in [4.69, 9.17) is 5.73 Å². The molecule has 0 aliphatic carbocycles. The molecule has 0 spiro atoms. The molecule has 0 radical (unpaired) electrons. The summed E-state index contributed by atoms with van der Waals surface area (Å²) in [6.45, 7) is 2.95. The molecule has 0 aromatic carbocycles. The third-order valence-corrected chi connectivity index (χ3v) is 5.68. The van der Waals surface area contributed by atoms with Crippen LogP contribution in [0, 0.1) is 0 Å². The molecule has 1 unspecified atom stereocenters. The number of nitrogens with zero attached hydrogens (tertiary/aromatic N) is 3. The quantitative estimate of drug-likeness (QED) is 0.526. The zero-order valence-electron chi connectivity index (χ0n) is 16.6. The number of carbonyl (C=O) groups excluding carboxylic acids is 1. The Morgan fingerprint density at radius 1 is 1.29 bits per heavy atom. The van der Waals surface area contributed by atoms with Gasteiger partial charge in [0.1, 0.15) is 11.4 Å². The number of Topliss-reactive ketones (excluding diaryl/α,β-unsaturated/α-hetero) is 1. The molecule has 3 N–H and O–H groups in total. The maximum atomic E-state index is 12.9. The van der Waals surface area contributed by atoms with Gasteiger partial charge in [-0.05, 0) is 25.8 Å². The highest BCUT2D eigenvalue weighted by Crippen LogP contribution is 2.18. The first-order chi connectivity index (χ1) is 13.1. The number of nitrogens with one attached hydrogen (secondary N) is 1. The molecule has 2 heterocycles. The van der Waals surface area contributed by atoms with Gasteiger partial charge >= 0.3 is 5.69 Å². The van der Waals surface area contributed by atoms with Crippen molar-refractivity contribution in [2.24, 2.45) is 7.05 Å². The van der Waals surface area contributed by atoms with Crippen LogP contribution in [0.1, 0.15) is 43.0 Å². The summed E-state index contributed by atoms with van der Waals surface area (Å²) in [5.41, 5.74) is 4.58. The zero-order valence-corrected chi connectivity index (χ0v) is 17.4. The molecular formula is C17H29N5O5S. The van der Waals surface area contributed by atoms with Gasteiger partial charge in [-0.1, -0.05) is 13.3 Å². The van der Waals surface area contributed by atoms with Gasteiger partial charge in [0, 0.05) is 26.2 Å². The van der Waals surface area contributed by atoms with Gasteiger partial charge in [-0.2, -0.15) is 0 Å². The summed E-state index contributed by atoms with van der Waals surface area (Å²) in [7, 11) is -2.01. The average molecular weight is 416 g/mol. The monoisotopic (exact) mass is 415 g/mol. The lowest BCUT2D eigenvalue weighted by molar-refractivity contribution is 0.0846. The molecule has 0 bridgehead atoms. The van der Waals surface area contributed by atoms with Gasteiger partial charge in [0.05, 0.1) is 12.8 Å². The Morgan fingerprint density at radius 3 is 2.57 bits per heavy atom. The number of carbonyl (C=O) groups is 1. The van der Waals surface area contributed by atoms with Crippen LogP contribution in [-0.2, 0) is 23.6 Å². The molecule has 1 atom stereocenters. The van der Waals surface area contributed by atoms with Gasteiger partial charge in [-0.25, -0.2) is 17.9 Å². The molecule has 11 heteroatoms. The summed E-state index contributed by atoms with van der Waals surface area (Å²) in [6, 6.07) is -0.140. The van der Waals surface area contributed by atoms with Crippen LogP contribution >= 0.6 is 0 Å². The van der Waals surface area contributed by atoms with Crippen LogP contribution in [0.4, 0.5) is 5.82 Å². The van der Waals surface area contributed by atoms with E-state index in [1.165, 1.54) is 11.6 Å². The van der Waals surface area contributed by atoms with Crippen LogP contribution in [0.5, 0.6) is 0 Å². The Kier molecular flexibility index (Phi) is 7.18. The first-order valence-electron chi connectivity index (χ1n) is 9.38. The van der Waals surface area contributed by atoms with Gasteiger partial charge in [-0.3, -0.25) is 23.6 Å². The largest absolute Gasteiger partial charge is 0.384 e. The van der Waals surface area contributed by atoms with E-state index in [0.717, 1.165) is 30.1 Å². The normalized spacial score (nSPS) is 18.3. The molecule has 2 rings (SSSR count). The van der Waals surface area contributed by atoms with Crippen LogP contribution in [0.3, 0.4) is 0 Å². The van der Waals surface area contributed by atoms with Crippen molar-refractivity contribution in [1.82, 2.24) is 18.8 Å². The molecule has 28 heavy (non-hydrogen) atoms. The predicted molar refractivity (Wildman–Crippen MR) is 107 cm³/mol. The fourth-order valence-electron chi connectivity index (χ4n) is 3.50. The predicted octanol–water partition coefficient (Wildman–Crippen LogP) is -0.874. The highest BCUT2D eigenvalue weighted by Gasteiger charge is 2.28. The fraction of sp³-hybridized carbons (Fsp3) is 0.706. The van der Waals surface area contributed by atoms with Gasteiger partial charge in [0.25, 0.3) is 5.56 Å². The number of rotatable bonds is 8. The lowest BCUT2D eigenvalue weighted by Crippen LogP contribution is -2.49. The van der Waals surface area contributed by atoms with E-state index in [-0.39, 0.29) is 30.5 Å². The number of hydrogen-bond acceptors (Lipinski definition) is 7.